The normalized spacial score (nSPS) is 12.7. The van der Waals surface area contributed by atoms with Crippen LogP contribution in [-0.4, -0.2) is 24.9 Å². The third kappa shape index (κ3) is 6.60. The van der Waals surface area contributed by atoms with E-state index in [4.69, 9.17) is 5.73 Å². The molecule has 0 radical (unpaired) electrons. The number of amides is 2. The molecule has 1 rings (SSSR count). The van der Waals surface area contributed by atoms with Gasteiger partial charge in [-0.1, -0.05) is 44.2 Å². The molecule has 0 heterocycles. The van der Waals surface area contributed by atoms with Gasteiger partial charge < -0.3 is 16.4 Å². The van der Waals surface area contributed by atoms with Gasteiger partial charge in [-0.2, -0.15) is 0 Å². The van der Waals surface area contributed by atoms with E-state index in [1.807, 2.05) is 37.3 Å². The number of carbonyl (C=O) groups excluding carboxylic acids is 2. The molecule has 0 aliphatic carbocycles. The Labute approximate surface area is 132 Å². The van der Waals surface area contributed by atoms with Crippen molar-refractivity contribution in [1.29, 1.82) is 0 Å². The molecule has 0 aliphatic heterocycles. The Bertz CT molecular complexity index is 440. The summed E-state index contributed by atoms with van der Waals surface area (Å²) in [5.41, 5.74) is 6.97. The fourth-order valence-electron chi connectivity index (χ4n) is 1.78. The summed E-state index contributed by atoms with van der Waals surface area (Å²) in [6.45, 7) is 4.34. The Morgan fingerprint density at radius 1 is 1.19 bits per heavy atom. The van der Waals surface area contributed by atoms with E-state index < -0.39 is 5.92 Å². The molecule has 0 saturated heterocycles. The number of nitrogens with one attached hydrogen (secondary N) is 2. The van der Waals surface area contributed by atoms with Crippen LogP contribution in [0.3, 0.4) is 0 Å². The first-order valence-corrected chi connectivity index (χ1v) is 6.91. The summed E-state index contributed by atoms with van der Waals surface area (Å²) in [6.07, 6.45) is 0.870. The maximum Gasteiger partial charge on any atom is 0.239 e. The van der Waals surface area contributed by atoms with Gasteiger partial charge >= 0.3 is 0 Å². The molecule has 118 valence electrons. The van der Waals surface area contributed by atoms with Gasteiger partial charge in [0.25, 0.3) is 0 Å². The van der Waals surface area contributed by atoms with E-state index in [0.29, 0.717) is 6.54 Å². The monoisotopic (exact) mass is 313 g/mol. The second-order valence-electron chi connectivity index (χ2n) is 4.79. The van der Waals surface area contributed by atoms with Crippen LogP contribution in [-0.2, 0) is 9.59 Å². The molecule has 0 aromatic heterocycles. The van der Waals surface area contributed by atoms with Crippen LogP contribution in [0.25, 0.3) is 0 Å². The summed E-state index contributed by atoms with van der Waals surface area (Å²) in [4.78, 5) is 23.4. The molecule has 4 N–H and O–H groups in total. The maximum atomic E-state index is 12.0. The summed E-state index contributed by atoms with van der Waals surface area (Å²) < 4.78 is 0. The Morgan fingerprint density at radius 3 is 2.38 bits per heavy atom. The molecule has 6 heteroatoms. The number of hydrogen-bond donors (Lipinski definition) is 3. The van der Waals surface area contributed by atoms with Crippen molar-refractivity contribution in [1.82, 2.24) is 10.6 Å². The van der Waals surface area contributed by atoms with Crippen LogP contribution in [0.1, 0.15) is 31.9 Å². The first-order chi connectivity index (χ1) is 9.56. The average Bonchev–Trinajstić information content (AvgIpc) is 2.49. The van der Waals surface area contributed by atoms with Crippen LogP contribution < -0.4 is 16.4 Å². The van der Waals surface area contributed by atoms with E-state index in [-0.39, 0.29) is 36.8 Å². The lowest BCUT2D eigenvalue weighted by Gasteiger charge is -2.19. The second-order valence-corrected chi connectivity index (χ2v) is 4.79. The highest BCUT2D eigenvalue weighted by Crippen LogP contribution is 2.18. The van der Waals surface area contributed by atoms with Crippen molar-refractivity contribution in [3.8, 4) is 0 Å². The number of hydrogen-bond acceptors (Lipinski definition) is 3. The molecule has 1 aromatic rings. The predicted molar refractivity (Wildman–Crippen MR) is 86.1 cm³/mol. The highest BCUT2D eigenvalue weighted by molar-refractivity contribution is 5.86. The minimum atomic E-state index is -0.392. The van der Waals surface area contributed by atoms with Crippen LogP contribution in [0.2, 0.25) is 0 Å². The van der Waals surface area contributed by atoms with Crippen LogP contribution in [0.5, 0.6) is 0 Å². The van der Waals surface area contributed by atoms with Crippen LogP contribution in [0, 0.1) is 5.92 Å². The van der Waals surface area contributed by atoms with E-state index in [0.717, 1.165) is 12.0 Å². The number of halogens is 1. The van der Waals surface area contributed by atoms with Gasteiger partial charge in [-0.05, 0) is 12.0 Å². The number of carbonyl (C=O) groups is 2. The Kier molecular flexibility index (Phi) is 9.41. The first kappa shape index (κ1) is 19.4. The first-order valence-electron chi connectivity index (χ1n) is 6.91. The van der Waals surface area contributed by atoms with E-state index in [1.165, 1.54) is 0 Å². The summed E-state index contributed by atoms with van der Waals surface area (Å²) in [5, 5.41) is 5.31. The van der Waals surface area contributed by atoms with Gasteiger partial charge in [-0.3, -0.25) is 9.59 Å². The van der Waals surface area contributed by atoms with Gasteiger partial charge in [0, 0.05) is 12.6 Å². The smallest absolute Gasteiger partial charge is 0.239 e. The Morgan fingerprint density at radius 2 is 1.81 bits per heavy atom. The van der Waals surface area contributed by atoms with Crippen LogP contribution in [0.15, 0.2) is 30.3 Å². The highest BCUT2D eigenvalue weighted by Gasteiger charge is 2.22. The zero-order chi connectivity index (χ0) is 15.0. The van der Waals surface area contributed by atoms with Crippen molar-refractivity contribution in [2.45, 2.75) is 26.3 Å². The fourth-order valence-corrected chi connectivity index (χ4v) is 1.78. The molecule has 2 amide bonds. The fraction of sp³-hybridized carbons (Fsp3) is 0.467. The maximum absolute atomic E-state index is 12.0. The second kappa shape index (κ2) is 10.2. The zero-order valence-corrected chi connectivity index (χ0v) is 13.3. The molecule has 0 saturated carbocycles. The van der Waals surface area contributed by atoms with Crippen molar-refractivity contribution in [2.75, 3.05) is 13.1 Å². The van der Waals surface area contributed by atoms with Crippen LogP contribution >= 0.6 is 12.4 Å². The molecule has 0 spiro atoms. The summed E-state index contributed by atoms with van der Waals surface area (Å²) in [5.74, 6) is -0.787. The molecule has 5 nitrogen and oxygen atoms in total. The quantitative estimate of drug-likeness (QED) is 0.711. The average molecular weight is 314 g/mol. The van der Waals surface area contributed by atoms with Crippen molar-refractivity contribution in [3.05, 3.63) is 35.9 Å². The van der Waals surface area contributed by atoms with E-state index >= 15 is 0 Å². The van der Waals surface area contributed by atoms with E-state index in [9.17, 15) is 9.59 Å². The van der Waals surface area contributed by atoms with Gasteiger partial charge in [-0.15, -0.1) is 12.4 Å². The standard InChI is InChI=1S/C15H23N3O2.ClH/c1-3-9-17-13(19)10-18-15(20)11(2)14(16)12-7-5-4-6-8-12;/h4-8,11,14H,3,9-10,16H2,1-2H3,(H,17,19)(H,18,20);1H. The number of nitrogens with two attached hydrogens (primary N) is 1. The lowest BCUT2D eigenvalue weighted by atomic mass is 9.95. The Balaban J connectivity index is 0.00000400. The number of rotatable bonds is 7. The third-order valence-electron chi connectivity index (χ3n) is 3.13. The topological polar surface area (TPSA) is 84.2 Å². The molecule has 21 heavy (non-hydrogen) atoms. The molecular formula is C15H24ClN3O2. The molecular weight excluding hydrogens is 290 g/mol. The summed E-state index contributed by atoms with van der Waals surface area (Å²) in [7, 11) is 0. The summed E-state index contributed by atoms with van der Waals surface area (Å²) in [6, 6.07) is 9.08. The van der Waals surface area contributed by atoms with Gasteiger partial charge in [0.1, 0.15) is 0 Å². The minimum Gasteiger partial charge on any atom is -0.355 e. The molecule has 2 unspecified atom stereocenters. The molecule has 2 atom stereocenters. The minimum absolute atomic E-state index is 0. The van der Waals surface area contributed by atoms with E-state index in [2.05, 4.69) is 10.6 Å². The van der Waals surface area contributed by atoms with Gasteiger partial charge in [0.15, 0.2) is 0 Å². The van der Waals surface area contributed by atoms with Crippen LogP contribution in [0.4, 0.5) is 0 Å². The van der Waals surface area contributed by atoms with Gasteiger partial charge in [0.2, 0.25) is 11.8 Å². The molecule has 1 aromatic carbocycles. The van der Waals surface area contributed by atoms with Crippen molar-refractivity contribution < 1.29 is 9.59 Å². The molecule has 0 fully saturated rings. The van der Waals surface area contributed by atoms with Crippen molar-refractivity contribution in [3.63, 3.8) is 0 Å². The molecule has 0 bridgehead atoms. The zero-order valence-electron chi connectivity index (χ0n) is 12.5. The van der Waals surface area contributed by atoms with Gasteiger partial charge in [-0.25, -0.2) is 0 Å². The van der Waals surface area contributed by atoms with Crippen molar-refractivity contribution >= 4 is 24.2 Å². The lowest BCUT2D eigenvalue weighted by molar-refractivity contribution is -0.128. The van der Waals surface area contributed by atoms with E-state index in [1.54, 1.807) is 6.92 Å². The molecule has 0 aliphatic rings. The van der Waals surface area contributed by atoms with Gasteiger partial charge in [0.05, 0.1) is 12.5 Å². The van der Waals surface area contributed by atoms with Crippen molar-refractivity contribution in [2.24, 2.45) is 11.7 Å². The summed E-state index contributed by atoms with van der Waals surface area (Å²) >= 11 is 0. The number of benzene rings is 1. The SMILES string of the molecule is CCCNC(=O)CNC(=O)C(C)C(N)c1ccccc1.Cl. The predicted octanol–water partition coefficient (Wildman–Crippen LogP) is 1.39. The Hall–Kier alpha value is -1.59. The lowest BCUT2D eigenvalue weighted by Crippen LogP contribution is -2.41. The highest BCUT2D eigenvalue weighted by atomic mass is 35.5. The largest absolute Gasteiger partial charge is 0.355 e. The third-order valence-corrected chi connectivity index (χ3v) is 3.13.